The maximum atomic E-state index is 2.42. The van der Waals surface area contributed by atoms with E-state index < -0.39 is 0 Å². The first-order valence-electron chi connectivity index (χ1n) is 18.5. The highest BCUT2D eigenvalue weighted by molar-refractivity contribution is 5.38. The van der Waals surface area contributed by atoms with E-state index in [0.29, 0.717) is 10.8 Å². The van der Waals surface area contributed by atoms with Crippen LogP contribution in [0.2, 0.25) is 0 Å². The Labute approximate surface area is 286 Å². The molecule has 0 radical (unpaired) electrons. The lowest BCUT2D eigenvalue weighted by Crippen LogP contribution is -2.19. The normalized spacial score (nSPS) is 21.2. The van der Waals surface area contributed by atoms with Crippen LogP contribution in [0, 0.1) is 16.7 Å². The molecule has 0 spiro atoms. The van der Waals surface area contributed by atoms with Gasteiger partial charge in [0.1, 0.15) is 0 Å². The van der Waals surface area contributed by atoms with Crippen LogP contribution < -0.4 is 0 Å². The first kappa shape index (κ1) is 39.6. The van der Waals surface area contributed by atoms with Crippen molar-refractivity contribution in [3.8, 4) is 0 Å². The lowest BCUT2D eigenvalue weighted by atomic mass is 9.72. The van der Waals surface area contributed by atoms with E-state index in [1.807, 2.05) is 0 Å². The molecule has 0 atom stereocenters. The van der Waals surface area contributed by atoms with E-state index in [1.165, 1.54) is 110 Å². The number of hydrogen-bond acceptors (Lipinski definition) is 0. The summed E-state index contributed by atoms with van der Waals surface area (Å²) >= 11 is 0. The molecule has 2 rings (SSSR count). The summed E-state index contributed by atoms with van der Waals surface area (Å²) in [5.74, 6) is 0.795. The molecule has 0 heterocycles. The Morgan fingerprint density at radius 2 is 1.00 bits per heavy atom. The predicted molar refractivity (Wildman–Crippen MR) is 209 cm³/mol. The van der Waals surface area contributed by atoms with Crippen LogP contribution >= 0.6 is 0 Å². The Hall–Kier alpha value is -2.60. The van der Waals surface area contributed by atoms with Crippen LogP contribution in [0.1, 0.15) is 153 Å². The Morgan fingerprint density at radius 3 is 1.37 bits per heavy atom. The van der Waals surface area contributed by atoms with E-state index in [9.17, 15) is 0 Å². The van der Waals surface area contributed by atoms with Gasteiger partial charge in [0, 0.05) is 0 Å². The van der Waals surface area contributed by atoms with Gasteiger partial charge in [0.25, 0.3) is 0 Å². The molecule has 46 heavy (non-hydrogen) atoms. The molecule has 0 bridgehead atoms. The third-order valence-electron chi connectivity index (χ3n) is 10.3. The van der Waals surface area contributed by atoms with Crippen molar-refractivity contribution in [3.63, 3.8) is 0 Å². The van der Waals surface area contributed by atoms with Gasteiger partial charge in [-0.3, -0.25) is 0 Å². The van der Waals surface area contributed by atoms with E-state index >= 15 is 0 Å². The van der Waals surface area contributed by atoms with E-state index in [1.54, 1.807) is 11.1 Å². The van der Waals surface area contributed by atoms with Crippen molar-refractivity contribution in [1.29, 1.82) is 0 Å². The first-order valence-corrected chi connectivity index (χ1v) is 18.5. The number of unbranched alkanes of at least 4 members (excludes halogenated alkanes) is 2. The Morgan fingerprint density at radius 1 is 0.609 bits per heavy atom. The molecule has 2 aliphatic rings. The van der Waals surface area contributed by atoms with E-state index in [-0.39, 0.29) is 0 Å². The van der Waals surface area contributed by atoms with E-state index in [4.69, 9.17) is 0 Å². The second-order valence-corrected chi connectivity index (χ2v) is 15.9. The van der Waals surface area contributed by atoms with Crippen LogP contribution in [0.25, 0.3) is 0 Å². The van der Waals surface area contributed by atoms with Crippen molar-refractivity contribution in [2.24, 2.45) is 16.7 Å². The highest BCUT2D eigenvalue weighted by Gasteiger charge is 2.27. The molecule has 0 aliphatic heterocycles. The maximum absolute atomic E-state index is 2.42. The Balaban J connectivity index is 1.67. The zero-order chi connectivity index (χ0) is 34.2. The minimum absolute atomic E-state index is 0.304. The van der Waals surface area contributed by atoms with Crippen LogP contribution in [0.4, 0.5) is 0 Å². The van der Waals surface area contributed by atoms with Gasteiger partial charge >= 0.3 is 0 Å². The summed E-state index contributed by atoms with van der Waals surface area (Å²) in [5, 5.41) is 0. The zero-order valence-corrected chi connectivity index (χ0v) is 32.0. The molecule has 0 aromatic carbocycles. The highest BCUT2D eigenvalue weighted by Crippen LogP contribution is 2.41. The summed E-state index contributed by atoms with van der Waals surface area (Å²) in [6, 6.07) is 0. The minimum atomic E-state index is 0.304. The van der Waals surface area contributed by atoms with Crippen LogP contribution in [-0.4, -0.2) is 0 Å². The predicted octanol–water partition coefficient (Wildman–Crippen LogP) is 15.0. The molecule has 0 unspecified atom stereocenters. The number of rotatable bonds is 16. The fraction of sp³-hybridized carbons (Fsp3) is 0.565. The topological polar surface area (TPSA) is 0 Å². The van der Waals surface area contributed by atoms with Gasteiger partial charge in [-0.05, 0) is 134 Å². The molecule has 0 heteroatoms. The van der Waals surface area contributed by atoms with Crippen LogP contribution in [0.5, 0.6) is 0 Å². The number of allylic oxidation sites excluding steroid dienone is 20. The summed E-state index contributed by atoms with van der Waals surface area (Å²) in [7, 11) is 0. The smallest absolute Gasteiger partial charge is 0.0104 e. The van der Waals surface area contributed by atoms with Gasteiger partial charge < -0.3 is 0 Å². The lowest BCUT2D eigenvalue weighted by molar-refractivity contribution is 0.376. The van der Waals surface area contributed by atoms with Gasteiger partial charge in [-0.1, -0.05) is 154 Å². The lowest BCUT2D eigenvalue weighted by Gasteiger charge is -2.33. The molecular formula is C46H70. The first-order chi connectivity index (χ1) is 21.7. The molecule has 0 saturated heterocycles. The van der Waals surface area contributed by atoms with Gasteiger partial charge in [-0.25, -0.2) is 0 Å². The quantitative estimate of drug-likeness (QED) is 0.119. The van der Waals surface area contributed by atoms with Gasteiger partial charge in [0.2, 0.25) is 0 Å². The molecule has 0 saturated carbocycles. The molecule has 0 N–H and O–H groups in total. The van der Waals surface area contributed by atoms with Crippen molar-refractivity contribution in [2.45, 2.75) is 153 Å². The van der Waals surface area contributed by atoms with E-state index in [2.05, 4.69) is 149 Å². The zero-order valence-electron chi connectivity index (χ0n) is 32.0. The van der Waals surface area contributed by atoms with Crippen molar-refractivity contribution in [1.82, 2.24) is 0 Å². The molecule has 254 valence electrons. The van der Waals surface area contributed by atoms with E-state index in [0.717, 1.165) is 5.92 Å². The summed E-state index contributed by atoms with van der Waals surface area (Å²) in [4.78, 5) is 0. The van der Waals surface area contributed by atoms with Crippen molar-refractivity contribution in [2.75, 3.05) is 0 Å². The number of hydrogen-bond donors (Lipinski definition) is 0. The average Bonchev–Trinajstić information content (AvgIpc) is 2.96. The Bertz CT molecular complexity index is 1180. The molecule has 0 aromatic heterocycles. The van der Waals surface area contributed by atoms with Crippen molar-refractivity contribution in [3.05, 3.63) is 117 Å². The SMILES string of the molecule is CC1=C(/C=C/C(C)=C/C=C/C(C)=C/CCCC(C)CCC/C=C(C)/C=C/C=C(C)/C=C/C2=C(C)CCCC2(C)C)C(C)(C)CCC1. The van der Waals surface area contributed by atoms with Gasteiger partial charge in [0.15, 0.2) is 0 Å². The molecule has 0 fully saturated rings. The second kappa shape index (κ2) is 19.9. The third-order valence-corrected chi connectivity index (χ3v) is 10.3. The average molecular weight is 623 g/mol. The minimum Gasteiger partial charge on any atom is -0.0816 e. The van der Waals surface area contributed by atoms with Gasteiger partial charge in [0.05, 0.1) is 0 Å². The van der Waals surface area contributed by atoms with Gasteiger partial charge in [-0.2, -0.15) is 0 Å². The highest BCUT2D eigenvalue weighted by atomic mass is 14.3. The monoisotopic (exact) mass is 623 g/mol. The summed E-state index contributed by atoms with van der Waals surface area (Å²) in [5.41, 5.74) is 12.2. The largest absolute Gasteiger partial charge is 0.0816 e. The van der Waals surface area contributed by atoms with Crippen LogP contribution in [0.3, 0.4) is 0 Å². The van der Waals surface area contributed by atoms with Crippen molar-refractivity contribution < 1.29 is 0 Å². The van der Waals surface area contributed by atoms with Gasteiger partial charge in [-0.15, -0.1) is 0 Å². The Kier molecular flexibility index (Phi) is 17.1. The summed E-state index contributed by atoms with van der Waals surface area (Å²) < 4.78 is 0. The molecular weight excluding hydrogens is 553 g/mol. The molecule has 2 aliphatic carbocycles. The standard InChI is InChI=1S/C46H70/c1-36(20-12-14-22-37(2)24-16-26-39(4)30-32-43-41(6)28-18-34-45(43,8)9)21-13-15-23-38(3)25-17-27-40(5)31-33-44-42(7)29-19-35-46(44,10)11/h16-17,22-27,30-33,36H,12-15,18-21,28-29,34-35H2,1-11H3/b24-16+,25-17+,32-30+,33-31+,37-22+,38-23+,39-26+,40-27+. The fourth-order valence-electron chi connectivity index (χ4n) is 7.14. The van der Waals surface area contributed by atoms with Crippen molar-refractivity contribution >= 4 is 0 Å². The fourth-order valence-corrected chi connectivity index (χ4v) is 7.14. The third kappa shape index (κ3) is 14.9. The van der Waals surface area contributed by atoms with Crippen LogP contribution in [0.15, 0.2) is 117 Å². The summed E-state index contributed by atoms with van der Waals surface area (Å²) in [6.45, 7) is 25.5. The van der Waals surface area contributed by atoms with Crippen LogP contribution in [-0.2, 0) is 0 Å². The molecule has 0 nitrogen and oxygen atoms in total. The molecule has 0 aromatic rings. The molecule has 0 amide bonds. The summed E-state index contributed by atoms with van der Waals surface area (Å²) in [6.07, 6.45) is 42.8. The second-order valence-electron chi connectivity index (χ2n) is 15.9. The maximum Gasteiger partial charge on any atom is -0.0104 e.